The Morgan fingerprint density at radius 2 is 2.13 bits per heavy atom. The number of rotatable bonds is 4. The number of carbonyl (C=O) groups excluding carboxylic acids is 1. The Labute approximate surface area is 173 Å². The second-order valence-corrected chi connectivity index (χ2v) is 8.40. The summed E-state index contributed by atoms with van der Waals surface area (Å²) in [5.74, 6) is 0.208. The summed E-state index contributed by atoms with van der Waals surface area (Å²) in [6.45, 7) is 6.37. The first kappa shape index (κ1) is 20.7. The Morgan fingerprint density at radius 3 is 2.77 bits per heavy atom. The van der Waals surface area contributed by atoms with Crippen LogP contribution in [0.1, 0.15) is 80.6 Å². The predicted octanol–water partition coefficient (Wildman–Crippen LogP) is 4.34. The summed E-state index contributed by atoms with van der Waals surface area (Å²) >= 11 is 0. The molecule has 1 amide bonds. The van der Waals surface area contributed by atoms with Gasteiger partial charge in [-0.15, -0.1) is 0 Å². The molecule has 2 aromatic heterocycles. The summed E-state index contributed by atoms with van der Waals surface area (Å²) in [7, 11) is 0. The summed E-state index contributed by atoms with van der Waals surface area (Å²) in [6, 6.07) is -0.431. The lowest BCUT2D eigenvalue weighted by Gasteiger charge is -2.32. The van der Waals surface area contributed by atoms with Crippen molar-refractivity contribution in [1.82, 2.24) is 24.5 Å². The van der Waals surface area contributed by atoms with Gasteiger partial charge in [-0.3, -0.25) is 9.48 Å². The van der Waals surface area contributed by atoms with Crippen LogP contribution in [-0.4, -0.2) is 49.1 Å². The lowest BCUT2D eigenvalue weighted by atomic mass is 10.0. The molecule has 0 saturated carbocycles. The van der Waals surface area contributed by atoms with Gasteiger partial charge >= 0.3 is 6.18 Å². The fraction of sp³-hybridized carbons (Fsp3) is 0.650. The number of amides is 1. The molecule has 1 N–H and O–H groups in total. The fourth-order valence-corrected chi connectivity index (χ4v) is 4.31. The molecule has 1 fully saturated rings. The Kier molecular flexibility index (Phi) is 5.27. The van der Waals surface area contributed by atoms with E-state index >= 15 is 0 Å². The number of nitrogens with one attached hydrogen (secondary N) is 1. The van der Waals surface area contributed by atoms with Gasteiger partial charge in [-0.05, 0) is 39.5 Å². The lowest BCUT2D eigenvalue weighted by molar-refractivity contribution is -0.173. The number of aromatic nitrogens is 4. The van der Waals surface area contributed by atoms with Crippen molar-refractivity contribution >= 4 is 11.7 Å². The number of likely N-dealkylation sites (tertiary alicyclic amines) is 1. The summed E-state index contributed by atoms with van der Waals surface area (Å²) in [6.07, 6.45) is 0.899. The summed E-state index contributed by atoms with van der Waals surface area (Å²) in [4.78, 5) is 14.8. The first-order valence-electron chi connectivity index (χ1n) is 10.5. The molecular formula is C20H27F3N6O. The Bertz CT molecular complexity index is 918. The molecule has 4 rings (SSSR count). The third-order valence-corrected chi connectivity index (χ3v) is 6.01. The number of hydrogen-bond acceptors (Lipinski definition) is 4. The third-order valence-electron chi connectivity index (χ3n) is 6.01. The van der Waals surface area contributed by atoms with Gasteiger partial charge in [0.2, 0.25) is 0 Å². The highest BCUT2D eigenvalue weighted by Gasteiger charge is 2.46. The van der Waals surface area contributed by atoms with E-state index in [1.165, 1.54) is 0 Å². The average Bonchev–Trinajstić information content (AvgIpc) is 3.43. The van der Waals surface area contributed by atoms with E-state index < -0.39 is 12.2 Å². The van der Waals surface area contributed by atoms with Crippen molar-refractivity contribution in [1.29, 1.82) is 0 Å². The van der Waals surface area contributed by atoms with E-state index in [4.69, 9.17) is 0 Å². The topological polar surface area (TPSA) is 68.0 Å². The quantitative estimate of drug-likeness (QED) is 0.793. The smallest absolute Gasteiger partial charge is 0.367 e. The van der Waals surface area contributed by atoms with Crippen LogP contribution >= 0.6 is 0 Å². The van der Waals surface area contributed by atoms with Gasteiger partial charge in [0.25, 0.3) is 5.91 Å². The number of fused-ring (bicyclic) bond motifs is 1. The van der Waals surface area contributed by atoms with Gasteiger partial charge in [0.15, 0.2) is 6.04 Å². The molecule has 10 heteroatoms. The van der Waals surface area contributed by atoms with Crippen LogP contribution in [0.4, 0.5) is 19.0 Å². The highest BCUT2D eigenvalue weighted by atomic mass is 19.4. The highest BCUT2D eigenvalue weighted by Crippen LogP contribution is 2.42. The van der Waals surface area contributed by atoms with Crippen molar-refractivity contribution in [2.75, 3.05) is 11.9 Å². The number of carbonyl (C=O) groups is 1. The van der Waals surface area contributed by atoms with Crippen molar-refractivity contribution in [2.24, 2.45) is 0 Å². The maximum Gasteiger partial charge on any atom is 0.410 e. The minimum absolute atomic E-state index is 0.0458. The molecule has 30 heavy (non-hydrogen) atoms. The first-order valence-corrected chi connectivity index (χ1v) is 10.5. The van der Waals surface area contributed by atoms with Crippen LogP contribution in [0.5, 0.6) is 0 Å². The van der Waals surface area contributed by atoms with Crippen LogP contribution in [0.25, 0.3) is 0 Å². The molecule has 2 aliphatic rings. The average molecular weight is 424 g/mol. The molecule has 4 heterocycles. The molecule has 0 bridgehead atoms. The SMILES string of the molecule is CC[C@@H]1C[C@H](C(F)(F)F)n2nc([C@H]3CCCN3C(=O)c3cnn(C(C)C)c3)cc2N1. The van der Waals surface area contributed by atoms with Crippen LogP contribution in [0.15, 0.2) is 18.5 Å². The molecule has 3 atom stereocenters. The van der Waals surface area contributed by atoms with Crippen LogP contribution in [0, 0.1) is 0 Å². The molecule has 0 aromatic carbocycles. The van der Waals surface area contributed by atoms with Crippen molar-refractivity contribution in [2.45, 2.75) is 76.8 Å². The maximum absolute atomic E-state index is 13.6. The first-order chi connectivity index (χ1) is 14.2. The van der Waals surface area contributed by atoms with Gasteiger partial charge < -0.3 is 10.2 Å². The molecule has 2 aromatic rings. The number of nitrogens with zero attached hydrogens (tertiary/aromatic N) is 5. The Hall–Kier alpha value is -2.52. The van der Waals surface area contributed by atoms with Crippen LogP contribution in [0.2, 0.25) is 0 Å². The minimum Gasteiger partial charge on any atom is -0.367 e. The normalized spacial score (nSPS) is 24.2. The van der Waals surface area contributed by atoms with Crippen LogP contribution in [0.3, 0.4) is 0 Å². The van der Waals surface area contributed by atoms with Crippen molar-refractivity contribution in [3.63, 3.8) is 0 Å². The van der Waals surface area contributed by atoms with E-state index in [1.54, 1.807) is 28.0 Å². The fourth-order valence-electron chi connectivity index (χ4n) is 4.31. The van der Waals surface area contributed by atoms with Gasteiger partial charge in [-0.1, -0.05) is 6.92 Å². The number of anilines is 1. The van der Waals surface area contributed by atoms with Crippen molar-refractivity contribution < 1.29 is 18.0 Å². The van der Waals surface area contributed by atoms with Gasteiger partial charge in [-0.2, -0.15) is 23.4 Å². The summed E-state index contributed by atoms with van der Waals surface area (Å²) < 4.78 is 43.7. The van der Waals surface area contributed by atoms with E-state index in [0.717, 1.165) is 11.1 Å². The second-order valence-electron chi connectivity index (χ2n) is 8.40. The molecule has 1 saturated heterocycles. The monoisotopic (exact) mass is 424 g/mol. The molecule has 0 radical (unpaired) electrons. The molecule has 0 aliphatic carbocycles. The molecular weight excluding hydrogens is 397 g/mol. The zero-order valence-corrected chi connectivity index (χ0v) is 17.4. The zero-order valence-electron chi connectivity index (χ0n) is 17.4. The summed E-state index contributed by atoms with van der Waals surface area (Å²) in [5, 5.41) is 11.7. The van der Waals surface area contributed by atoms with Crippen LogP contribution < -0.4 is 5.32 Å². The van der Waals surface area contributed by atoms with Gasteiger partial charge in [-0.25, -0.2) is 4.68 Å². The van der Waals surface area contributed by atoms with E-state index in [9.17, 15) is 18.0 Å². The lowest BCUT2D eigenvalue weighted by Crippen LogP contribution is -2.39. The highest BCUT2D eigenvalue weighted by molar-refractivity contribution is 5.94. The number of alkyl halides is 3. The third kappa shape index (κ3) is 3.67. The standard InChI is InChI=1S/C20H27F3N6O/c1-4-14-8-17(20(21,22)23)29-18(25-14)9-15(26-29)16-6-5-7-27(16)19(30)13-10-24-28(11-13)12(2)3/h9-12,14,16-17,25H,4-8H2,1-3H3/t14-,16-,17-/m1/s1. The Morgan fingerprint density at radius 1 is 1.37 bits per heavy atom. The van der Waals surface area contributed by atoms with Gasteiger partial charge in [0, 0.05) is 30.9 Å². The number of halogens is 3. The van der Waals surface area contributed by atoms with Crippen LogP contribution in [-0.2, 0) is 0 Å². The molecule has 7 nitrogen and oxygen atoms in total. The Balaban J connectivity index is 1.62. The minimum atomic E-state index is -4.37. The van der Waals surface area contributed by atoms with Crippen molar-refractivity contribution in [3.05, 3.63) is 29.7 Å². The summed E-state index contributed by atoms with van der Waals surface area (Å²) in [5.41, 5.74) is 0.988. The van der Waals surface area contributed by atoms with E-state index in [0.29, 0.717) is 36.5 Å². The van der Waals surface area contributed by atoms with Gasteiger partial charge in [0.1, 0.15) is 5.82 Å². The molecule has 0 spiro atoms. The van der Waals surface area contributed by atoms with Gasteiger partial charge in [0.05, 0.1) is 23.5 Å². The molecule has 0 unspecified atom stereocenters. The second kappa shape index (κ2) is 7.63. The predicted molar refractivity (Wildman–Crippen MR) is 105 cm³/mol. The zero-order chi connectivity index (χ0) is 21.6. The molecule has 164 valence electrons. The van der Waals surface area contributed by atoms with E-state index in [1.807, 2.05) is 20.8 Å². The van der Waals surface area contributed by atoms with Crippen molar-refractivity contribution in [3.8, 4) is 0 Å². The largest absolute Gasteiger partial charge is 0.410 e. The van der Waals surface area contributed by atoms with E-state index in [-0.39, 0.29) is 30.5 Å². The number of hydrogen-bond donors (Lipinski definition) is 1. The molecule has 2 aliphatic heterocycles. The maximum atomic E-state index is 13.6. The van der Waals surface area contributed by atoms with E-state index in [2.05, 4.69) is 15.5 Å².